The third-order valence-electron chi connectivity index (χ3n) is 2.77. The summed E-state index contributed by atoms with van der Waals surface area (Å²) in [5.74, 6) is -0.467. The maximum atomic E-state index is 13.4. The van der Waals surface area contributed by atoms with Crippen molar-refractivity contribution in [3.63, 3.8) is 0 Å². The number of rotatable bonds is 5. The summed E-state index contributed by atoms with van der Waals surface area (Å²) < 4.78 is 15.1. The molecule has 1 atom stereocenters. The van der Waals surface area contributed by atoms with Gasteiger partial charge in [0, 0.05) is 23.8 Å². The molecule has 0 saturated heterocycles. The minimum atomic E-state index is -0.467. The molecule has 0 spiro atoms. The molecule has 19 heavy (non-hydrogen) atoms. The van der Waals surface area contributed by atoms with Gasteiger partial charge in [-0.2, -0.15) is 0 Å². The monoisotopic (exact) mass is 302 g/mol. The van der Waals surface area contributed by atoms with Crippen molar-refractivity contribution in [2.45, 2.75) is 19.5 Å². The van der Waals surface area contributed by atoms with Gasteiger partial charge in [0.2, 0.25) is 0 Å². The molecule has 1 heterocycles. The van der Waals surface area contributed by atoms with Gasteiger partial charge in [-0.3, -0.25) is 4.68 Å². The Kier molecular flexibility index (Phi) is 4.74. The van der Waals surface area contributed by atoms with Crippen LogP contribution in [0.15, 0.2) is 24.5 Å². The molecular formula is C12H13Cl2FN4. The summed E-state index contributed by atoms with van der Waals surface area (Å²) in [6, 6.07) is 2.70. The van der Waals surface area contributed by atoms with Crippen LogP contribution in [0.1, 0.15) is 18.5 Å². The van der Waals surface area contributed by atoms with E-state index in [1.807, 2.05) is 6.92 Å². The molecule has 7 heteroatoms. The first kappa shape index (κ1) is 14.2. The second kappa shape index (κ2) is 6.32. The summed E-state index contributed by atoms with van der Waals surface area (Å²) >= 11 is 11.7. The van der Waals surface area contributed by atoms with Crippen LogP contribution in [0.3, 0.4) is 0 Å². The highest BCUT2D eigenvalue weighted by molar-refractivity contribution is 6.35. The van der Waals surface area contributed by atoms with Crippen molar-refractivity contribution < 1.29 is 4.39 Å². The normalized spacial score (nSPS) is 12.6. The van der Waals surface area contributed by atoms with Crippen LogP contribution in [0.2, 0.25) is 10.0 Å². The molecule has 2 rings (SSSR count). The minimum absolute atomic E-state index is 0.0311. The molecule has 0 amide bonds. The van der Waals surface area contributed by atoms with Gasteiger partial charge in [-0.25, -0.2) is 4.39 Å². The topological polar surface area (TPSA) is 42.7 Å². The molecule has 102 valence electrons. The van der Waals surface area contributed by atoms with E-state index in [1.165, 1.54) is 12.1 Å². The van der Waals surface area contributed by atoms with Crippen LogP contribution in [0, 0.1) is 5.82 Å². The number of nitrogens with one attached hydrogen (secondary N) is 1. The molecule has 1 unspecified atom stereocenters. The van der Waals surface area contributed by atoms with Gasteiger partial charge in [-0.05, 0) is 24.6 Å². The highest BCUT2D eigenvalue weighted by Crippen LogP contribution is 2.28. The van der Waals surface area contributed by atoms with E-state index >= 15 is 0 Å². The van der Waals surface area contributed by atoms with Crippen molar-refractivity contribution in [3.05, 3.63) is 46.0 Å². The Bertz CT molecular complexity index is 545. The predicted octanol–water partition coefficient (Wildman–Crippen LogP) is 3.07. The van der Waals surface area contributed by atoms with E-state index in [4.69, 9.17) is 23.2 Å². The predicted molar refractivity (Wildman–Crippen MR) is 72.9 cm³/mol. The summed E-state index contributed by atoms with van der Waals surface area (Å²) in [6.45, 7) is 3.26. The zero-order valence-electron chi connectivity index (χ0n) is 10.3. The van der Waals surface area contributed by atoms with Crippen LogP contribution in [0.4, 0.5) is 4.39 Å². The van der Waals surface area contributed by atoms with E-state index in [1.54, 1.807) is 17.1 Å². The summed E-state index contributed by atoms with van der Waals surface area (Å²) in [5, 5.41) is 11.3. The van der Waals surface area contributed by atoms with Crippen molar-refractivity contribution in [3.8, 4) is 0 Å². The molecule has 0 radical (unpaired) electrons. The van der Waals surface area contributed by atoms with E-state index in [0.29, 0.717) is 23.7 Å². The molecule has 0 saturated carbocycles. The smallest absolute Gasteiger partial charge is 0.142 e. The molecule has 1 N–H and O–H groups in total. The van der Waals surface area contributed by atoms with Crippen molar-refractivity contribution in [2.24, 2.45) is 0 Å². The summed E-state index contributed by atoms with van der Waals surface area (Å²) in [5.41, 5.74) is 0.683. The SMILES string of the molecule is CC(NCCn1ccnn1)c1cc(F)c(Cl)cc1Cl. The lowest BCUT2D eigenvalue weighted by Gasteiger charge is -2.16. The first-order valence-electron chi connectivity index (χ1n) is 5.80. The molecule has 0 bridgehead atoms. The summed E-state index contributed by atoms with van der Waals surface area (Å²) in [7, 11) is 0. The Morgan fingerprint density at radius 1 is 1.37 bits per heavy atom. The Morgan fingerprint density at radius 3 is 2.84 bits per heavy atom. The van der Waals surface area contributed by atoms with Gasteiger partial charge in [0.05, 0.1) is 17.8 Å². The van der Waals surface area contributed by atoms with Gasteiger partial charge < -0.3 is 5.32 Å². The van der Waals surface area contributed by atoms with Gasteiger partial charge in [-0.1, -0.05) is 28.4 Å². The minimum Gasteiger partial charge on any atom is -0.308 e. The number of nitrogens with zero attached hydrogens (tertiary/aromatic N) is 3. The average molecular weight is 303 g/mol. The lowest BCUT2D eigenvalue weighted by molar-refractivity contribution is 0.497. The van der Waals surface area contributed by atoms with Crippen LogP contribution >= 0.6 is 23.2 Å². The first-order chi connectivity index (χ1) is 9.08. The highest BCUT2D eigenvalue weighted by Gasteiger charge is 2.12. The van der Waals surface area contributed by atoms with E-state index in [2.05, 4.69) is 15.6 Å². The van der Waals surface area contributed by atoms with Crippen LogP contribution < -0.4 is 5.32 Å². The van der Waals surface area contributed by atoms with E-state index in [9.17, 15) is 4.39 Å². The van der Waals surface area contributed by atoms with Crippen LogP contribution in [-0.4, -0.2) is 21.5 Å². The van der Waals surface area contributed by atoms with E-state index in [0.717, 1.165) is 0 Å². The van der Waals surface area contributed by atoms with Crippen LogP contribution in [0.5, 0.6) is 0 Å². The molecule has 2 aromatic rings. The molecule has 0 aliphatic rings. The van der Waals surface area contributed by atoms with Crippen LogP contribution in [-0.2, 0) is 6.54 Å². The third-order valence-corrected chi connectivity index (χ3v) is 3.39. The Morgan fingerprint density at radius 2 is 2.16 bits per heavy atom. The molecule has 4 nitrogen and oxygen atoms in total. The van der Waals surface area contributed by atoms with Gasteiger partial charge >= 0.3 is 0 Å². The fourth-order valence-corrected chi connectivity index (χ4v) is 2.27. The van der Waals surface area contributed by atoms with Gasteiger partial charge in [-0.15, -0.1) is 5.10 Å². The maximum absolute atomic E-state index is 13.4. The van der Waals surface area contributed by atoms with Gasteiger partial charge in [0.25, 0.3) is 0 Å². The number of hydrogen-bond donors (Lipinski definition) is 1. The van der Waals surface area contributed by atoms with E-state index < -0.39 is 5.82 Å². The quantitative estimate of drug-likeness (QED) is 0.863. The van der Waals surface area contributed by atoms with Crippen molar-refractivity contribution in [1.82, 2.24) is 20.3 Å². The highest BCUT2D eigenvalue weighted by atomic mass is 35.5. The van der Waals surface area contributed by atoms with Crippen molar-refractivity contribution in [2.75, 3.05) is 6.54 Å². The number of halogens is 3. The zero-order valence-corrected chi connectivity index (χ0v) is 11.8. The zero-order chi connectivity index (χ0) is 13.8. The molecule has 1 aromatic carbocycles. The molecular weight excluding hydrogens is 290 g/mol. The second-order valence-electron chi connectivity index (χ2n) is 4.13. The van der Waals surface area contributed by atoms with Crippen molar-refractivity contribution >= 4 is 23.2 Å². The average Bonchev–Trinajstić information content (AvgIpc) is 2.86. The fraction of sp³-hybridized carbons (Fsp3) is 0.333. The molecule has 0 aliphatic heterocycles. The third kappa shape index (κ3) is 3.65. The molecule has 0 fully saturated rings. The van der Waals surface area contributed by atoms with Gasteiger partial charge in [0.1, 0.15) is 5.82 Å². The lowest BCUT2D eigenvalue weighted by atomic mass is 10.1. The fourth-order valence-electron chi connectivity index (χ4n) is 1.73. The molecule has 1 aromatic heterocycles. The standard InChI is InChI=1S/C12H13Cl2FN4/c1-8(16-2-4-19-5-3-17-18-19)9-6-12(15)11(14)7-10(9)13/h3,5-8,16H,2,4H2,1H3. The number of benzene rings is 1. The molecule has 0 aliphatic carbocycles. The summed E-state index contributed by atoms with van der Waals surface area (Å²) in [6.07, 6.45) is 3.40. The van der Waals surface area contributed by atoms with E-state index in [-0.39, 0.29) is 11.1 Å². The second-order valence-corrected chi connectivity index (χ2v) is 4.94. The number of hydrogen-bond acceptors (Lipinski definition) is 3. The Labute approximate surface area is 120 Å². The summed E-state index contributed by atoms with van der Waals surface area (Å²) in [4.78, 5) is 0. The van der Waals surface area contributed by atoms with Gasteiger partial charge in [0.15, 0.2) is 0 Å². The largest absolute Gasteiger partial charge is 0.308 e. The first-order valence-corrected chi connectivity index (χ1v) is 6.55. The van der Waals surface area contributed by atoms with Crippen LogP contribution in [0.25, 0.3) is 0 Å². The Balaban J connectivity index is 1.96. The Hall–Kier alpha value is -1.17. The number of aromatic nitrogens is 3. The maximum Gasteiger partial charge on any atom is 0.142 e. The lowest BCUT2D eigenvalue weighted by Crippen LogP contribution is -2.24. The van der Waals surface area contributed by atoms with Crippen molar-refractivity contribution in [1.29, 1.82) is 0 Å².